The van der Waals surface area contributed by atoms with E-state index >= 15 is 0 Å². The zero-order chi connectivity index (χ0) is 13.1. The van der Waals surface area contributed by atoms with Gasteiger partial charge in [0.05, 0.1) is 0 Å². The molecular weight excluding hydrogens is 210 g/mol. The SMILES string of the molecule is CCCCCC(C)(CN)NCCN(CC)CC. The van der Waals surface area contributed by atoms with Crippen LogP contribution in [0.3, 0.4) is 0 Å². The van der Waals surface area contributed by atoms with Gasteiger partial charge in [0.2, 0.25) is 0 Å². The molecule has 1 atom stereocenters. The maximum absolute atomic E-state index is 5.90. The highest BCUT2D eigenvalue weighted by Gasteiger charge is 2.20. The number of hydrogen-bond acceptors (Lipinski definition) is 3. The maximum atomic E-state index is 5.90. The van der Waals surface area contributed by atoms with Gasteiger partial charge in [0.25, 0.3) is 0 Å². The molecular formula is C14H33N3. The summed E-state index contributed by atoms with van der Waals surface area (Å²) in [4.78, 5) is 2.44. The van der Waals surface area contributed by atoms with E-state index in [9.17, 15) is 0 Å². The Hall–Kier alpha value is -0.120. The minimum Gasteiger partial charge on any atom is -0.329 e. The molecule has 1 unspecified atom stereocenters. The van der Waals surface area contributed by atoms with Gasteiger partial charge in [-0.2, -0.15) is 0 Å². The van der Waals surface area contributed by atoms with Crippen LogP contribution in [0.4, 0.5) is 0 Å². The predicted octanol–water partition coefficient (Wildman–Crippen LogP) is 2.22. The van der Waals surface area contributed by atoms with Crippen molar-refractivity contribution in [2.75, 3.05) is 32.7 Å². The molecule has 0 saturated heterocycles. The van der Waals surface area contributed by atoms with Crippen molar-refractivity contribution < 1.29 is 0 Å². The Morgan fingerprint density at radius 2 is 1.76 bits per heavy atom. The van der Waals surface area contributed by atoms with Gasteiger partial charge in [-0.15, -0.1) is 0 Å². The molecule has 0 aliphatic carbocycles. The molecule has 0 radical (unpaired) electrons. The molecule has 0 fully saturated rings. The van der Waals surface area contributed by atoms with Crippen LogP contribution in [-0.4, -0.2) is 43.2 Å². The fraction of sp³-hybridized carbons (Fsp3) is 1.00. The fourth-order valence-electron chi connectivity index (χ4n) is 2.08. The Labute approximate surface area is 108 Å². The second-order valence-corrected chi connectivity index (χ2v) is 5.18. The molecule has 0 aliphatic rings. The third-order valence-corrected chi connectivity index (χ3v) is 3.66. The number of nitrogens with two attached hydrogens (primary N) is 1. The van der Waals surface area contributed by atoms with Crippen LogP contribution in [0.1, 0.15) is 53.4 Å². The largest absolute Gasteiger partial charge is 0.329 e. The molecule has 0 aromatic heterocycles. The molecule has 0 bridgehead atoms. The van der Waals surface area contributed by atoms with E-state index in [1.807, 2.05) is 0 Å². The highest BCUT2D eigenvalue weighted by Crippen LogP contribution is 2.13. The highest BCUT2D eigenvalue weighted by atomic mass is 15.1. The number of nitrogens with one attached hydrogen (secondary N) is 1. The summed E-state index contributed by atoms with van der Waals surface area (Å²) in [5.74, 6) is 0. The number of rotatable bonds is 11. The van der Waals surface area contributed by atoms with E-state index in [1.165, 1.54) is 25.7 Å². The van der Waals surface area contributed by atoms with Gasteiger partial charge in [-0.1, -0.05) is 40.0 Å². The zero-order valence-electron chi connectivity index (χ0n) is 12.4. The molecule has 0 heterocycles. The molecule has 0 amide bonds. The minimum absolute atomic E-state index is 0.127. The predicted molar refractivity (Wildman–Crippen MR) is 77.4 cm³/mol. The van der Waals surface area contributed by atoms with Gasteiger partial charge >= 0.3 is 0 Å². The number of unbranched alkanes of at least 4 members (excludes halogenated alkanes) is 2. The Balaban J connectivity index is 3.85. The summed E-state index contributed by atoms with van der Waals surface area (Å²) in [5, 5.41) is 3.64. The molecule has 104 valence electrons. The van der Waals surface area contributed by atoms with Crippen LogP contribution in [0, 0.1) is 0 Å². The molecule has 0 aliphatic heterocycles. The molecule has 3 heteroatoms. The lowest BCUT2D eigenvalue weighted by atomic mass is 9.94. The van der Waals surface area contributed by atoms with Gasteiger partial charge in [-0.3, -0.25) is 0 Å². The number of hydrogen-bond donors (Lipinski definition) is 2. The average Bonchev–Trinajstić information content (AvgIpc) is 2.35. The fourth-order valence-corrected chi connectivity index (χ4v) is 2.08. The van der Waals surface area contributed by atoms with Crippen molar-refractivity contribution in [1.29, 1.82) is 0 Å². The second kappa shape index (κ2) is 9.86. The van der Waals surface area contributed by atoms with Crippen LogP contribution in [-0.2, 0) is 0 Å². The van der Waals surface area contributed by atoms with E-state index in [0.717, 1.165) is 32.7 Å². The van der Waals surface area contributed by atoms with Gasteiger partial charge < -0.3 is 16.0 Å². The molecule has 0 aromatic rings. The lowest BCUT2D eigenvalue weighted by Crippen LogP contribution is -2.50. The van der Waals surface area contributed by atoms with Gasteiger partial charge in [-0.25, -0.2) is 0 Å². The maximum Gasteiger partial charge on any atom is 0.0276 e. The Kier molecular flexibility index (Phi) is 9.79. The van der Waals surface area contributed by atoms with Crippen molar-refractivity contribution in [3.63, 3.8) is 0 Å². The van der Waals surface area contributed by atoms with Crippen molar-refractivity contribution >= 4 is 0 Å². The van der Waals surface area contributed by atoms with E-state index in [-0.39, 0.29) is 5.54 Å². The topological polar surface area (TPSA) is 41.3 Å². The first-order valence-electron chi connectivity index (χ1n) is 7.29. The molecule has 0 spiro atoms. The van der Waals surface area contributed by atoms with Crippen molar-refractivity contribution in [2.45, 2.75) is 58.9 Å². The standard InChI is InChI=1S/C14H33N3/c1-5-8-9-10-14(4,13-15)16-11-12-17(6-2)7-3/h16H,5-13,15H2,1-4H3. The summed E-state index contributed by atoms with van der Waals surface area (Å²) in [6, 6.07) is 0. The lowest BCUT2D eigenvalue weighted by Gasteiger charge is -2.31. The van der Waals surface area contributed by atoms with E-state index in [4.69, 9.17) is 5.73 Å². The first-order chi connectivity index (χ1) is 8.11. The lowest BCUT2D eigenvalue weighted by molar-refractivity contribution is 0.266. The van der Waals surface area contributed by atoms with Crippen molar-refractivity contribution in [2.24, 2.45) is 5.73 Å². The summed E-state index contributed by atoms with van der Waals surface area (Å²) in [5.41, 5.74) is 6.02. The van der Waals surface area contributed by atoms with E-state index < -0.39 is 0 Å². The molecule has 17 heavy (non-hydrogen) atoms. The van der Waals surface area contributed by atoms with Gasteiger partial charge in [0, 0.05) is 25.2 Å². The van der Waals surface area contributed by atoms with Gasteiger partial charge in [-0.05, 0) is 26.4 Å². The first kappa shape index (κ1) is 16.9. The number of nitrogens with zero attached hydrogens (tertiary/aromatic N) is 1. The van der Waals surface area contributed by atoms with Crippen LogP contribution >= 0.6 is 0 Å². The second-order valence-electron chi connectivity index (χ2n) is 5.18. The van der Waals surface area contributed by atoms with Crippen LogP contribution in [0.25, 0.3) is 0 Å². The molecule has 3 nitrogen and oxygen atoms in total. The van der Waals surface area contributed by atoms with Gasteiger partial charge in [0.1, 0.15) is 0 Å². The summed E-state index contributed by atoms with van der Waals surface area (Å²) < 4.78 is 0. The van der Waals surface area contributed by atoms with Crippen LogP contribution < -0.4 is 11.1 Å². The minimum atomic E-state index is 0.127. The monoisotopic (exact) mass is 243 g/mol. The van der Waals surface area contributed by atoms with E-state index in [0.29, 0.717) is 0 Å². The Morgan fingerprint density at radius 3 is 2.24 bits per heavy atom. The Bertz CT molecular complexity index is 169. The van der Waals surface area contributed by atoms with Crippen LogP contribution in [0.5, 0.6) is 0 Å². The average molecular weight is 243 g/mol. The normalized spacial score (nSPS) is 15.2. The summed E-state index contributed by atoms with van der Waals surface area (Å²) in [6.45, 7) is 14.1. The molecule has 0 saturated carbocycles. The molecule has 0 aromatic carbocycles. The summed E-state index contributed by atoms with van der Waals surface area (Å²) in [7, 11) is 0. The highest BCUT2D eigenvalue weighted by molar-refractivity contribution is 4.84. The number of likely N-dealkylation sites (N-methyl/N-ethyl adjacent to an activating group) is 1. The summed E-state index contributed by atoms with van der Waals surface area (Å²) >= 11 is 0. The smallest absolute Gasteiger partial charge is 0.0276 e. The van der Waals surface area contributed by atoms with Crippen molar-refractivity contribution in [1.82, 2.24) is 10.2 Å². The van der Waals surface area contributed by atoms with Crippen LogP contribution in [0.2, 0.25) is 0 Å². The zero-order valence-corrected chi connectivity index (χ0v) is 12.4. The quantitative estimate of drug-likeness (QED) is 0.547. The molecule has 3 N–H and O–H groups in total. The first-order valence-corrected chi connectivity index (χ1v) is 7.29. The third-order valence-electron chi connectivity index (χ3n) is 3.66. The van der Waals surface area contributed by atoms with Crippen molar-refractivity contribution in [3.8, 4) is 0 Å². The Morgan fingerprint density at radius 1 is 1.12 bits per heavy atom. The van der Waals surface area contributed by atoms with E-state index in [2.05, 4.69) is 37.9 Å². The third kappa shape index (κ3) is 7.74. The van der Waals surface area contributed by atoms with E-state index in [1.54, 1.807) is 0 Å². The van der Waals surface area contributed by atoms with Gasteiger partial charge in [0.15, 0.2) is 0 Å². The molecule has 0 rings (SSSR count). The van der Waals surface area contributed by atoms with Crippen molar-refractivity contribution in [3.05, 3.63) is 0 Å². The van der Waals surface area contributed by atoms with Crippen LogP contribution in [0.15, 0.2) is 0 Å². The summed E-state index contributed by atoms with van der Waals surface area (Å²) in [6.07, 6.45) is 5.06.